The molecule has 10 aromatic carbocycles. The molecular weight excluding hydrogens is 761 g/mol. The van der Waals surface area contributed by atoms with Gasteiger partial charge < -0.3 is 9.80 Å². The molecule has 2 heteroatoms. The summed E-state index contributed by atoms with van der Waals surface area (Å²) in [6.45, 7) is 0. The molecule has 0 aromatic heterocycles. The lowest BCUT2D eigenvalue weighted by Crippen LogP contribution is -2.28. The summed E-state index contributed by atoms with van der Waals surface area (Å²) in [5.41, 5.74) is 18.4. The smallest absolute Gasteiger partial charge is 0.0713 e. The van der Waals surface area contributed by atoms with Gasteiger partial charge in [-0.15, -0.1) is 0 Å². The van der Waals surface area contributed by atoms with Crippen molar-refractivity contribution in [1.29, 1.82) is 0 Å². The van der Waals surface area contributed by atoms with E-state index in [1.165, 1.54) is 38.9 Å². The van der Waals surface area contributed by atoms with E-state index in [0.717, 1.165) is 50.8 Å². The Morgan fingerprint density at radius 1 is 0.238 bits per heavy atom. The Morgan fingerprint density at radius 2 is 0.651 bits per heavy atom. The van der Waals surface area contributed by atoms with Gasteiger partial charge in [-0.25, -0.2) is 0 Å². The van der Waals surface area contributed by atoms with Crippen LogP contribution in [0.5, 0.6) is 0 Å². The van der Waals surface area contributed by atoms with Gasteiger partial charge in [0.25, 0.3) is 0 Å². The molecule has 0 spiro atoms. The van der Waals surface area contributed by atoms with Gasteiger partial charge in [0.1, 0.15) is 0 Å². The van der Waals surface area contributed by atoms with E-state index >= 15 is 0 Å². The zero-order valence-electron chi connectivity index (χ0n) is 34.8. The maximum Gasteiger partial charge on any atom is 0.0713 e. The number of hydrogen-bond donors (Lipinski definition) is 0. The van der Waals surface area contributed by atoms with Crippen molar-refractivity contribution >= 4 is 34.1 Å². The van der Waals surface area contributed by atoms with E-state index in [2.05, 4.69) is 277 Å². The summed E-state index contributed by atoms with van der Waals surface area (Å²) in [4.78, 5) is 4.74. The first kappa shape index (κ1) is 37.8. The Kier molecular flexibility index (Phi) is 9.80. The van der Waals surface area contributed by atoms with Crippen LogP contribution in [-0.2, 0) is 5.41 Å². The first-order valence-corrected chi connectivity index (χ1v) is 21.7. The third-order valence-corrected chi connectivity index (χ3v) is 12.5. The van der Waals surface area contributed by atoms with E-state index < -0.39 is 5.41 Å². The van der Waals surface area contributed by atoms with Crippen LogP contribution in [0.15, 0.2) is 267 Å². The largest absolute Gasteiger partial charge is 0.310 e. The summed E-state index contributed by atoms with van der Waals surface area (Å²) in [6, 6.07) is 96.8. The van der Waals surface area contributed by atoms with Gasteiger partial charge in [-0.2, -0.15) is 0 Å². The molecule has 1 aliphatic rings. The molecule has 0 saturated carbocycles. The molecular formula is C61H44N2. The summed E-state index contributed by atoms with van der Waals surface area (Å²) in [6.07, 6.45) is 0. The Balaban J connectivity index is 1.07. The van der Waals surface area contributed by atoms with E-state index in [1.807, 2.05) is 0 Å². The third kappa shape index (κ3) is 6.70. The quantitative estimate of drug-likeness (QED) is 0.136. The summed E-state index contributed by atoms with van der Waals surface area (Å²) < 4.78 is 0. The van der Waals surface area contributed by atoms with Gasteiger partial charge in [-0.05, 0) is 123 Å². The van der Waals surface area contributed by atoms with Crippen molar-refractivity contribution in [2.24, 2.45) is 0 Å². The molecule has 0 saturated heterocycles. The SMILES string of the molecule is c1ccc(-c2cc(N(c3ccccc3)c3cccc(-c4cccc(C5(c6ccccc6)c6ccccc6-c6ccccc65)c4)c3)ccc2N(c2ccccc2)c2ccccc2)cc1. The highest BCUT2D eigenvalue weighted by atomic mass is 15.2. The van der Waals surface area contributed by atoms with Crippen molar-refractivity contribution in [3.8, 4) is 33.4 Å². The van der Waals surface area contributed by atoms with Crippen LogP contribution in [0.1, 0.15) is 22.3 Å². The highest BCUT2D eigenvalue weighted by Gasteiger charge is 2.45. The summed E-state index contributed by atoms with van der Waals surface area (Å²) >= 11 is 0. The van der Waals surface area contributed by atoms with Crippen molar-refractivity contribution < 1.29 is 0 Å². The molecule has 1 aliphatic carbocycles. The molecule has 0 bridgehead atoms. The van der Waals surface area contributed by atoms with Gasteiger partial charge in [0.15, 0.2) is 0 Å². The van der Waals surface area contributed by atoms with E-state index in [9.17, 15) is 0 Å². The predicted molar refractivity (Wildman–Crippen MR) is 264 cm³/mol. The molecule has 0 heterocycles. The zero-order chi connectivity index (χ0) is 42.0. The first-order valence-electron chi connectivity index (χ1n) is 21.7. The van der Waals surface area contributed by atoms with Gasteiger partial charge >= 0.3 is 0 Å². The van der Waals surface area contributed by atoms with Crippen LogP contribution in [0, 0.1) is 0 Å². The third-order valence-electron chi connectivity index (χ3n) is 12.5. The highest BCUT2D eigenvalue weighted by molar-refractivity contribution is 5.92. The number of benzene rings is 10. The monoisotopic (exact) mass is 804 g/mol. The van der Waals surface area contributed by atoms with E-state index in [-0.39, 0.29) is 0 Å². The standard InChI is InChI=1S/C61H44N2/c1-6-22-45(23-7-1)57-44-54(40-41-60(57)63(51-31-12-4-13-32-51)52-33-14-5-15-34-52)62(50-29-10-3-11-30-50)53-35-21-25-47(43-53)46-24-20-28-49(42-46)61(48-26-8-2-9-27-48)58-38-18-16-36-55(58)56-37-17-19-39-59(56)61/h1-44H. The van der Waals surface area contributed by atoms with Gasteiger partial charge in [-0.3, -0.25) is 0 Å². The molecule has 11 rings (SSSR count). The van der Waals surface area contributed by atoms with Gasteiger partial charge in [0.05, 0.1) is 11.1 Å². The van der Waals surface area contributed by atoms with E-state index in [1.54, 1.807) is 0 Å². The van der Waals surface area contributed by atoms with Crippen molar-refractivity contribution in [3.63, 3.8) is 0 Å². The summed E-state index contributed by atoms with van der Waals surface area (Å²) in [5.74, 6) is 0. The zero-order valence-corrected chi connectivity index (χ0v) is 34.8. The number of rotatable bonds is 10. The molecule has 2 nitrogen and oxygen atoms in total. The lowest BCUT2D eigenvalue weighted by molar-refractivity contribution is 0.769. The van der Waals surface area contributed by atoms with Crippen LogP contribution in [0.4, 0.5) is 34.1 Å². The van der Waals surface area contributed by atoms with Gasteiger partial charge in [-0.1, -0.05) is 194 Å². The fourth-order valence-corrected chi connectivity index (χ4v) is 9.78. The van der Waals surface area contributed by atoms with Crippen LogP contribution >= 0.6 is 0 Å². The Labute approximate surface area is 370 Å². The van der Waals surface area contributed by atoms with Crippen molar-refractivity contribution in [2.75, 3.05) is 9.80 Å². The summed E-state index contributed by atoms with van der Waals surface area (Å²) in [7, 11) is 0. The van der Waals surface area contributed by atoms with Crippen LogP contribution in [0.3, 0.4) is 0 Å². The maximum atomic E-state index is 2.42. The minimum absolute atomic E-state index is 0.471. The number of para-hydroxylation sites is 3. The second kappa shape index (κ2) is 16.3. The average molecular weight is 805 g/mol. The molecule has 0 fully saturated rings. The Morgan fingerprint density at radius 3 is 1.24 bits per heavy atom. The molecule has 63 heavy (non-hydrogen) atoms. The molecule has 0 aliphatic heterocycles. The fraction of sp³-hybridized carbons (Fsp3) is 0.0164. The van der Waals surface area contributed by atoms with Crippen molar-refractivity contribution in [3.05, 3.63) is 289 Å². The van der Waals surface area contributed by atoms with Gasteiger partial charge in [0.2, 0.25) is 0 Å². The maximum absolute atomic E-state index is 2.42. The average Bonchev–Trinajstić information content (AvgIpc) is 3.67. The topological polar surface area (TPSA) is 6.48 Å². The summed E-state index contributed by atoms with van der Waals surface area (Å²) in [5, 5.41) is 0. The number of nitrogens with zero attached hydrogens (tertiary/aromatic N) is 2. The second-order valence-electron chi connectivity index (χ2n) is 16.1. The number of fused-ring (bicyclic) bond motifs is 3. The Hall–Kier alpha value is -8.20. The molecule has 0 radical (unpaired) electrons. The van der Waals surface area contributed by atoms with Crippen LogP contribution in [0.25, 0.3) is 33.4 Å². The molecule has 10 aromatic rings. The first-order chi connectivity index (χ1) is 31.3. The number of hydrogen-bond acceptors (Lipinski definition) is 2. The lowest BCUT2D eigenvalue weighted by atomic mass is 9.67. The normalized spacial score (nSPS) is 12.3. The highest BCUT2D eigenvalue weighted by Crippen LogP contribution is 2.56. The minimum Gasteiger partial charge on any atom is -0.310 e. The van der Waals surface area contributed by atoms with Crippen molar-refractivity contribution in [2.45, 2.75) is 5.41 Å². The molecule has 298 valence electrons. The second-order valence-corrected chi connectivity index (χ2v) is 16.1. The molecule has 0 amide bonds. The molecule has 0 unspecified atom stereocenters. The van der Waals surface area contributed by atoms with E-state index in [0.29, 0.717) is 0 Å². The van der Waals surface area contributed by atoms with E-state index in [4.69, 9.17) is 0 Å². The fourth-order valence-electron chi connectivity index (χ4n) is 9.78. The molecule has 0 N–H and O–H groups in total. The van der Waals surface area contributed by atoms with Crippen LogP contribution < -0.4 is 9.80 Å². The number of anilines is 6. The van der Waals surface area contributed by atoms with Gasteiger partial charge in [0, 0.05) is 34.0 Å². The van der Waals surface area contributed by atoms with Crippen molar-refractivity contribution in [1.82, 2.24) is 0 Å². The lowest BCUT2D eigenvalue weighted by Gasteiger charge is -2.34. The predicted octanol–water partition coefficient (Wildman–Crippen LogP) is 16.3. The van der Waals surface area contributed by atoms with Crippen LogP contribution in [-0.4, -0.2) is 0 Å². The molecule has 0 atom stereocenters. The Bertz CT molecular complexity index is 3080. The minimum atomic E-state index is -0.471. The van der Waals surface area contributed by atoms with Crippen LogP contribution in [0.2, 0.25) is 0 Å².